The molecule has 2 rings (SSSR count). The maximum atomic E-state index is 12.1. The number of hydrogen-bond acceptors (Lipinski definition) is 5. The van der Waals surface area contributed by atoms with Gasteiger partial charge in [0.25, 0.3) is 5.91 Å². The number of rotatable bonds is 8. The summed E-state index contributed by atoms with van der Waals surface area (Å²) in [5.41, 5.74) is 2.28. The monoisotopic (exact) mass is 343 g/mol. The van der Waals surface area contributed by atoms with Crippen LogP contribution in [0.1, 0.15) is 29.9 Å². The van der Waals surface area contributed by atoms with E-state index in [-0.39, 0.29) is 5.91 Å². The Hall–Kier alpha value is -2.76. The number of ether oxygens (including phenoxy) is 2. The Balaban J connectivity index is 2.01. The maximum absolute atomic E-state index is 12.1. The van der Waals surface area contributed by atoms with Crippen molar-refractivity contribution in [3.63, 3.8) is 0 Å². The number of amides is 1. The minimum atomic E-state index is -0.163. The van der Waals surface area contributed by atoms with E-state index in [0.717, 1.165) is 11.3 Å². The summed E-state index contributed by atoms with van der Waals surface area (Å²) in [7, 11) is 3.22. The Morgan fingerprint density at radius 2 is 1.88 bits per heavy atom. The third-order valence-corrected chi connectivity index (χ3v) is 3.61. The van der Waals surface area contributed by atoms with Crippen LogP contribution in [-0.4, -0.2) is 31.7 Å². The highest BCUT2D eigenvalue weighted by Crippen LogP contribution is 2.27. The summed E-state index contributed by atoms with van der Waals surface area (Å²) < 4.78 is 10.5. The average Bonchev–Trinajstić information content (AvgIpc) is 2.64. The number of nitrogens with one attached hydrogen (secondary N) is 2. The van der Waals surface area contributed by atoms with E-state index >= 15 is 0 Å². The number of nitrogens with zero attached hydrogens (tertiary/aromatic N) is 1. The normalized spacial score (nSPS) is 10.4. The first-order chi connectivity index (χ1) is 12.0. The Labute approximate surface area is 148 Å². The van der Waals surface area contributed by atoms with Crippen molar-refractivity contribution >= 4 is 11.6 Å². The first-order valence-electron chi connectivity index (χ1n) is 8.22. The van der Waals surface area contributed by atoms with Crippen LogP contribution in [0.3, 0.4) is 0 Å². The Bertz CT molecular complexity index is 717. The fourth-order valence-electron chi connectivity index (χ4n) is 2.25. The summed E-state index contributed by atoms with van der Waals surface area (Å²) in [5.74, 6) is 1.61. The lowest BCUT2D eigenvalue weighted by molar-refractivity contribution is 0.0944. The highest BCUT2D eigenvalue weighted by Gasteiger charge is 2.09. The molecule has 25 heavy (non-hydrogen) atoms. The molecule has 2 N–H and O–H groups in total. The number of pyridine rings is 1. The highest BCUT2D eigenvalue weighted by atomic mass is 16.5. The van der Waals surface area contributed by atoms with Gasteiger partial charge in [-0.15, -0.1) is 0 Å². The van der Waals surface area contributed by atoms with E-state index in [1.165, 1.54) is 0 Å². The van der Waals surface area contributed by atoms with Crippen LogP contribution in [-0.2, 0) is 6.54 Å². The number of carbonyl (C=O) groups is 1. The third kappa shape index (κ3) is 5.38. The second kappa shape index (κ2) is 8.92. The summed E-state index contributed by atoms with van der Waals surface area (Å²) in [4.78, 5) is 16.2. The lowest BCUT2D eigenvalue weighted by Gasteiger charge is -2.12. The van der Waals surface area contributed by atoms with Gasteiger partial charge < -0.3 is 20.1 Å². The number of hydrogen-bond donors (Lipinski definition) is 2. The van der Waals surface area contributed by atoms with E-state index in [4.69, 9.17) is 9.47 Å². The van der Waals surface area contributed by atoms with Crippen molar-refractivity contribution in [1.82, 2.24) is 10.3 Å². The van der Waals surface area contributed by atoms with Gasteiger partial charge in [0.2, 0.25) is 0 Å². The lowest BCUT2D eigenvalue weighted by atomic mass is 10.2. The van der Waals surface area contributed by atoms with Crippen LogP contribution in [0.4, 0.5) is 5.69 Å². The Morgan fingerprint density at radius 1 is 1.12 bits per heavy atom. The molecule has 0 fully saturated rings. The molecule has 0 aliphatic heterocycles. The fraction of sp³-hybridized carbons (Fsp3) is 0.368. The van der Waals surface area contributed by atoms with Crippen molar-refractivity contribution in [2.75, 3.05) is 26.1 Å². The van der Waals surface area contributed by atoms with E-state index < -0.39 is 0 Å². The molecule has 0 radical (unpaired) electrons. The molecule has 0 atom stereocenters. The van der Waals surface area contributed by atoms with E-state index in [1.54, 1.807) is 26.5 Å². The van der Waals surface area contributed by atoms with Gasteiger partial charge >= 0.3 is 0 Å². The summed E-state index contributed by atoms with van der Waals surface area (Å²) in [6.45, 7) is 5.32. The van der Waals surface area contributed by atoms with Crippen LogP contribution in [0.2, 0.25) is 0 Å². The van der Waals surface area contributed by atoms with Gasteiger partial charge in [-0.1, -0.05) is 19.9 Å². The van der Waals surface area contributed by atoms with Crippen molar-refractivity contribution in [2.45, 2.75) is 20.4 Å². The van der Waals surface area contributed by atoms with Crippen LogP contribution in [0.15, 0.2) is 36.5 Å². The quantitative estimate of drug-likeness (QED) is 0.770. The van der Waals surface area contributed by atoms with Gasteiger partial charge in [-0.2, -0.15) is 0 Å². The van der Waals surface area contributed by atoms with Crippen molar-refractivity contribution < 1.29 is 14.3 Å². The molecule has 1 heterocycles. The number of aromatic nitrogens is 1. The molecule has 2 aromatic rings. The van der Waals surface area contributed by atoms with E-state index in [1.807, 2.05) is 24.3 Å². The van der Waals surface area contributed by atoms with Crippen LogP contribution < -0.4 is 20.1 Å². The average molecular weight is 343 g/mol. The molecule has 0 saturated carbocycles. The molecular formula is C19H25N3O3. The smallest absolute Gasteiger partial charge is 0.269 e. The zero-order chi connectivity index (χ0) is 18.2. The fourth-order valence-corrected chi connectivity index (χ4v) is 2.25. The first-order valence-corrected chi connectivity index (χ1v) is 8.22. The summed E-state index contributed by atoms with van der Waals surface area (Å²) in [5, 5.41) is 6.16. The van der Waals surface area contributed by atoms with Crippen molar-refractivity contribution in [3.8, 4) is 11.5 Å². The molecule has 0 aliphatic rings. The summed E-state index contributed by atoms with van der Waals surface area (Å²) in [6, 6.07) is 9.33. The zero-order valence-electron chi connectivity index (χ0n) is 15.1. The van der Waals surface area contributed by atoms with Gasteiger partial charge in [0.05, 0.1) is 14.2 Å². The molecule has 0 saturated heterocycles. The topological polar surface area (TPSA) is 72.5 Å². The second-order valence-electron chi connectivity index (χ2n) is 6.08. The largest absolute Gasteiger partial charge is 0.493 e. The van der Waals surface area contributed by atoms with Gasteiger partial charge in [0.15, 0.2) is 11.5 Å². The Kier molecular flexibility index (Phi) is 6.62. The second-order valence-corrected chi connectivity index (χ2v) is 6.08. The Morgan fingerprint density at radius 3 is 2.56 bits per heavy atom. The molecule has 1 amide bonds. The molecule has 1 aromatic carbocycles. The summed E-state index contributed by atoms with van der Waals surface area (Å²) >= 11 is 0. The molecule has 6 nitrogen and oxygen atoms in total. The third-order valence-electron chi connectivity index (χ3n) is 3.61. The predicted octanol–water partition coefficient (Wildman–Crippen LogP) is 3.10. The van der Waals surface area contributed by atoms with Gasteiger partial charge in [0, 0.05) is 25.0 Å². The predicted molar refractivity (Wildman–Crippen MR) is 98.3 cm³/mol. The number of methoxy groups -OCH3 is 2. The van der Waals surface area contributed by atoms with Crippen molar-refractivity contribution in [1.29, 1.82) is 0 Å². The maximum Gasteiger partial charge on any atom is 0.269 e. The first kappa shape index (κ1) is 18.6. The highest BCUT2D eigenvalue weighted by molar-refractivity contribution is 5.93. The van der Waals surface area contributed by atoms with Crippen LogP contribution >= 0.6 is 0 Å². The standard InChI is InChI=1S/C19H25N3O3/c1-13(2)11-22-19(23)16-10-15(7-8-20-16)21-12-14-5-6-17(24-3)18(9-14)25-4/h5-10,13H,11-12H2,1-4H3,(H,20,21)(H,22,23). The van der Waals surface area contributed by atoms with Crippen molar-refractivity contribution in [2.24, 2.45) is 5.92 Å². The molecular weight excluding hydrogens is 318 g/mol. The molecule has 134 valence electrons. The SMILES string of the molecule is COc1ccc(CNc2ccnc(C(=O)NCC(C)C)c2)cc1OC. The number of benzene rings is 1. The minimum absolute atomic E-state index is 0.163. The van der Waals surface area contributed by atoms with Gasteiger partial charge in [-0.3, -0.25) is 9.78 Å². The zero-order valence-corrected chi connectivity index (χ0v) is 15.1. The van der Waals surface area contributed by atoms with E-state index in [2.05, 4.69) is 29.5 Å². The van der Waals surface area contributed by atoms with Gasteiger partial charge in [-0.25, -0.2) is 0 Å². The van der Waals surface area contributed by atoms with E-state index in [9.17, 15) is 4.79 Å². The molecule has 0 unspecified atom stereocenters. The molecule has 0 spiro atoms. The van der Waals surface area contributed by atoms with Crippen LogP contribution in [0, 0.1) is 5.92 Å². The molecule has 0 aliphatic carbocycles. The lowest BCUT2D eigenvalue weighted by Crippen LogP contribution is -2.28. The number of anilines is 1. The number of carbonyl (C=O) groups excluding carboxylic acids is 1. The van der Waals surface area contributed by atoms with Crippen molar-refractivity contribution in [3.05, 3.63) is 47.8 Å². The molecule has 0 bridgehead atoms. The molecule has 1 aromatic heterocycles. The van der Waals surface area contributed by atoms with E-state index in [0.29, 0.717) is 36.2 Å². The summed E-state index contributed by atoms with van der Waals surface area (Å²) in [6.07, 6.45) is 1.63. The van der Waals surface area contributed by atoms with Gasteiger partial charge in [-0.05, 0) is 35.7 Å². The van der Waals surface area contributed by atoms with Gasteiger partial charge in [0.1, 0.15) is 5.69 Å². The van der Waals surface area contributed by atoms with Crippen LogP contribution in [0.5, 0.6) is 11.5 Å². The minimum Gasteiger partial charge on any atom is -0.493 e. The van der Waals surface area contributed by atoms with Crippen LogP contribution in [0.25, 0.3) is 0 Å². The molecule has 6 heteroatoms.